The Morgan fingerprint density at radius 2 is 2.00 bits per heavy atom. The van der Waals surface area contributed by atoms with Crippen LogP contribution >= 0.6 is 12.4 Å². The summed E-state index contributed by atoms with van der Waals surface area (Å²) in [7, 11) is -2.78. The molecule has 0 aromatic heterocycles. The highest BCUT2D eigenvalue weighted by Crippen LogP contribution is 2.32. The molecule has 2 aliphatic rings. The molecule has 2 aliphatic heterocycles. The van der Waals surface area contributed by atoms with E-state index in [0.29, 0.717) is 18.1 Å². The molecule has 6 heteroatoms. The van der Waals surface area contributed by atoms with Gasteiger partial charge in [-0.05, 0) is 39.5 Å². The summed E-state index contributed by atoms with van der Waals surface area (Å²) in [6, 6.07) is 0. The first-order chi connectivity index (χ1) is 7.20. The molecule has 2 unspecified atom stereocenters. The van der Waals surface area contributed by atoms with E-state index in [0.717, 1.165) is 12.8 Å². The van der Waals surface area contributed by atoms with Gasteiger partial charge in [-0.15, -0.1) is 12.4 Å². The number of hydrogen-bond donors (Lipinski definition) is 1. The number of nitrogens with one attached hydrogen (secondary N) is 1. The second-order valence-corrected chi connectivity index (χ2v) is 8.23. The van der Waals surface area contributed by atoms with E-state index in [1.165, 1.54) is 0 Å². The Labute approximate surface area is 110 Å². The molecule has 2 atom stereocenters. The van der Waals surface area contributed by atoms with Gasteiger partial charge in [0.15, 0.2) is 9.84 Å². The first kappa shape index (κ1) is 15.2. The average Bonchev–Trinajstić information content (AvgIpc) is 2.53. The van der Waals surface area contributed by atoms with Crippen LogP contribution in [-0.2, 0) is 14.6 Å². The number of rotatable bonds is 2. The SMILES string of the molecule is CC1(C)COC(C)(CC2CCS(=O)(=O)C2)N1.Cl. The largest absolute Gasteiger partial charge is 0.359 e. The highest BCUT2D eigenvalue weighted by atomic mass is 35.5. The topological polar surface area (TPSA) is 55.4 Å². The minimum absolute atomic E-state index is 0. The summed E-state index contributed by atoms with van der Waals surface area (Å²) in [5.41, 5.74) is -0.361. The summed E-state index contributed by atoms with van der Waals surface area (Å²) in [5.74, 6) is 0.918. The van der Waals surface area contributed by atoms with E-state index in [1.54, 1.807) is 0 Å². The minimum Gasteiger partial charge on any atom is -0.359 e. The zero-order chi connectivity index (χ0) is 12.0. The Kier molecular flexibility index (Phi) is 4.19. The highest BCUT2D eigenvalue weighted by molar-refractivity contribution is 7.91. The molecule has 2 rings (SSSR count). The van der Waals surface area contributed by atoms with E-state index in [2.05, 4.69) is 19.2 Å². The molecule has 0 radical (unpaired) electrons. The van der Waals surface area contributed by atoms with E-state index in [-0.39, 0.29) is 29.6 Å². The van der Waals surface area contributed by atoms with E-state index in [9.17, 15) is 8.42 Å². The van der Waals surface area contributed by atoms with Gasteiger partial charge in [-0.1, -0.05) is 0 Å². The molecule has 17 heavy (non-hydrogen) atoms. The molecule has 0 aromatic rings. The van der Waals surface area contributed by atoms with Crippen molar-refractivity contribution in [2.24, 2.45) is 5.92 Å². The molecule has 0 saturated carbocycles. The second kappa shape index (κ2) is 4.68. The zero-order valence-electron chi connectivity index (χ0n) is 10.7. The lowest BCUT2D eigenvalue weighted by Gasteiger charge is -2.28. The molecule has 1 N–H and O–H groups in total. The van der Waals surface area contributed by atoms with Gasteiger partial charge in [0.25, 0.3) is 0 Å². The Morgan fingerprint density at radius 1 is 1.35 bits per heavy atom. The van der Waals surface area contributed by atoms with Crippen LogP contribution in [0.5, 0.6) is 0 Å². The Balaban J connectivity index is 0.00000144. The van der Waals surface area contributed by atoms with Gasteiger partial charge < -0.3 is 4.74 Å². The fourth-order valence-electron chi connectivity index (χ4n) is 2.82. The lowest BCUT2D eigenvalue weighted by Crippen LogP contribution is -2.47. The van der Waals surface area contributed by atoms with E-state index < -0.39 is 9.84 Å². The molecule has 4 nitrogen and oxygen atoms in total. The van der Waals surface area contributed by atoms with Crippen LogP contribution in [0.4, 0.5) is 0 Å². The van der Waals surface area contributed by atoms with Gasteiger partial charge in [-0.25, -0.2) is 8.42 Å². The molecule has 102 valence electrons. The van der Waals surface area contributed by atoms with Gasteiger partial charge in [0.1, 0.15) is 5.72 Å². The Morgan fingerprint density at radius 3 is 2.41 bits per heavy atom. The quantitative estimate of drug-likeness (QED) is 0.831. The molecule has 2 heterocycles. The lowest BCUT2D eigenvalue weighted by molar-refractivity contribution is -0.0111. The van der Waals surface area contributed by atoms with E-state index >= 15 is 0 Å². The van der Waals surface area contributed by atoms with Crippen LogP contribution in [-0.4, -0.2) is 37.8 Å². The fourth-order valence-corrected chi connectivity index (χ4v) is 4.68. The van der Waals surface area contributed by atoms with Crippen LogP contribution in [0.2, 0.25) is 0 Å². The van der Waals surface area contributed by atoms with Crippen molar-refractivity contribution in [3.05, 3.63) is 0 Å². The third-order valence-corrected chi connectivity index (χ3v) is 5.20. The normalized spacial score (nSPS) is 38.9. The summed E-state index contributed by atoms with van der Waals surface area (Å²) < 4.78 is 28.6. The van der Waals surface area contributed by atoms with Crippen molar-refractivity contribution < 1.29 is 13.2 Å². The summed E-state index contributed by atoms with van der Waals surface area (Å²) in [6.45, 7) is 6.91. The standard InChI is InChI=1S/C11H21NO3S.ClH/c1-10(2)8-15-11(3,12-10)6-9-4-5-16(13,14)7-9;/h9,12H,4-8H2,1-3H3;1H. The van der Waals surface area contributed by atoms with Crippen molar-refractivity contribution >= 4 is 22.2 Å². The molecule has 0 spiro atoms. The van der Waals surface area contributed by atoms with Gasteiger partial charge in [0, 0.05) is 5.54 Å². The first-order valence-corrected chi connectivity index (χ1v) is 7.66. The molecular formula is C11H22ClNO3S. The maximum atomic E-state index is 11.4. The molecule has 0 aromatic carbocycles. The lowest BCUT2D eigenvalue weighted by atomic mass is 9.96. The number of halogens is 1. The summed E-state index contributed by atoms with van der Waals surface area (Å²) in [4.78, 5) is 0. The summed E-state index contributed by atoms with van der Waals surface area (Å²) in [5, 5.41) is 3.44. The van der Waals surface area contributed by atoms with Crippen LogP contribution in [0, 0.1) is 5.92 Å². The molecule has 2 saturated heterocycles. The van der Waals surface area contributed by atoms with Crippen LogP contribution in [0.1, 0.15) is 33.6 Å². The smallest absolute Gasteiger partial charge is 0.150 e. The fraction of sp³-hybridized carbons (Fsp3) is 1.00. The highest BCUT2D eigenvalue weighted by Gasteiger charge is 2.43. The Hall–Kier alpha value is 0.160. The summed E-state index contributed by atoms with van der Waals surface area (Å²) in [6.07, 6.45) is 1.57. The van der Waals surface area contributed by atoms with Gasteiger partial charge in [0.05, 0.1) is 18.1 Å². The third-order valence-electron chi connectivity index (χ3n) is 3.36. The van der Waals surface area contributed by atoms with Gasteiger partial charge >= 0.3 is 0 Å². The minimum atomic E-state index is -2.78. The van der Waals surface area contributed by atoms with Crippen molar-refractivity contribution in [1.82, 2.24) is 5.32 Å². The van der Waals surface area contributed by atoms with Crippen molar-refractivity contribution in [1.29, 1.82) is 0 Å². The van der Waals surface area contributed by atoms with Crippen molar-refractivity contribution in [3.8, 4) is 0 Å². The molecule has 0 bridgehead atoms. The number of sulfone groups is 1. The maximum absolute atomic E-state index is 11.4. The Bertz CT molecular complexity index is 382. The van der Waals surface area contributed by atoms with Crippen LogP contribution < -0.4 is 5.32 Å². The molecule has 0 amide bonds. The predicted molar refractivity (Wildman–Crippen MR) is 70.2 cm³/mol. The summed E-state index contributed by atoms with van der Waals surface area (Å²) >= 11 is 0. The maximum Gasteiger partial charge on any atom is 0.150 e. The second-order valence-electron chi connectivity index (χ2n) is 6.00. The third kappa shape index (κ3) is 3.81. The van der Waals surface area contributed by atoms with Gasteiger partial charge in [-0.2, -0.15) is 0 Å². The van der Waals surface area contributed by atoms with Crippen LogP contribution in [0.25, 0.3) is 0 Å². The zero-order valence-corrected chi connectivity index (χ0v) is 12.3. The van der Waals surface area contributed by atoms with E-state index in [1.807, 2.05) is 6.92 Å². The molecule has 0 aliphatic carbocycles. The number of ether oxygens (including phenoxy) is 1. The van der Waals surface area contributed by atoms with Gasteiger partial charge in [0.2, 0.25) is 0 Å². The van der Waals surface area contributed by atoms with Gasteiger partial charge in [-0.3, -0.25) is 5.32 Å². The average molecular weight is 284 g/mol. The first-order valence-electron chi connectivity index (χ1n) is 5.84. The van der Waals surface area contributed by atoms with Crippen LogP contribution in [0.3, 0.4) is 0 Å². The van der Waals surface area contributed by atoms with E-state index in [4.69, 9.17) is 4.74 Å². The monoisotopic (exact) mass is 283 g/mol. The predicted octanol–water partition coefficient (Wildman–Crippen LogP) is 1.35. The number of hydrogen-bond acceptors (Lipinski definition) is 4. The van der Waals surface area contributed by atoms with Crippen molar-refractivity contribution in [2.75, 3.05) is 18.1 Å². The van der Waals surface area contributed by atoms with Crippen molar-refractivity contribution in [3.63, 3.8) is 0 Å². The molecule has 2 fully saturated rings. The van der Waals surface area contributed by atoms with Crippen LogP contribution in [0.15, 0.2) is 0 Å². The molecular weight excluding hydrogens is 262 g/mol. The van der Waals surface area contributed by atoms with Crippen molar-refractivity contribution in [2.45, 2.75) is 44.9 Å².